The van der Waals surface area contributed by atoms with Crippen LogP contribution in [0.25, 0.3) is 0 Å². The molecule has 3 heteroatoms. The minimum Gasteiger partial charge on any atom is -0.383 e. The largest absolute Gasteiger partial charge is 0.383 e. The van der Waals surface area contributed by atoms with E-state index in [0.717, 1.165) is 13.0 Å². The van der Waals surface area contributed by atoms with E-state index in [-0.39, 0.29) is 11.2 Å². The van der Waals surface area contributed by atoms with Crippen LogP contribution < -0.4 is 5.32 Å². The van der Waals surface area contributed by atoms with Crippen molar-refractivity contribution in [3.63, 3.8) is 0 Å². The van der Waals surface area contributed by atoms with Crippen LogP contribution in [0.15, 0.2) is 0 Å². The summed E-state index contributed by atoms with van der Waals surface area (Å²) < 4.78 is 11.2. The van der Waals surface area contributed by atoms with Crippen LogP contribution in [0, 0.1) is 0 Å². The van der Waals surface area contributed by atoms with Gasteiger partial charge in [0.05, 0.1) is 17.8 Å². The van der Waals surface area contributed by atoms with Crippen molar-refractivity contribution in [2.24, 2.45) is 0 Å². The van der Waals surface area contributed by atoms with Crippen LogP contribution in [0.1, 0.15) is 41.0 Å². The second-order valence-corrected chi connectivity index (χ2v) is 5.74. The van der Waals surface area contributed by atoms with Crippen LogP contribution in [0.3, 0.4) is 0 Å². The van der Waals surface area contributed by atoms with Gasteiger partial charge in [0.1, 0.15) is 0 Å². The van der Waals surface area contributed by atoms with Gasteiger partial charge in [0.2, 0.25) is 0 Å². The number of hydrogen-bond donors (Lipinski definition) is 1. The Bertz CT molecular complexity index is 214. The summed E-state index contributed by atoms with van der Waals surface area (Å²) >= 11 is 0. The first-order valence-corrected chi connectivity index (χ1v) is 5.72. The molecular formula is C12H25NO2. The molecule has 1 rings (SSSR count). The molecule has 0 aromatic heterocycles. The van der Waals surface area contributed by atoms with Gasteiger partial charge in [-0.3, -0.25) is 0 Å². The maximum Gasteiger partial charge on any atom is 0.0787 e. The summed E-state index contributed by atoms with van der Waals surface area (Å²) in [5, 5.41) is 3.58. The molecule has 1 fully saturated rings. The zero-order valence-electron chi connectivity index (χ0n) is 10.9. The van der Waals surface area contributed by atoms with E-state index >= 15 is 0 Å². The molecule has 1 heterocycles. The lowest BCUT2D eigenvalue weighted by atomic mass is 9.94. The molecule has 0 aliphatic carbocycles. The fraction of sp³-hybridized carbons (Fsp3) is 1.00. The van der Waals surface area contributed by atoms with Crippen molar-refractivity contribution in [1.82, 2.24) is 5.32 Å². The minimum absolute atomic E-state index is 0.0199. The van der Waals surface area contributed by atoms with Crippen molar-refractivity contribution in [3.05, 3.63) is 0 Å². The van der Waals surface area contributed by atoms with Crippen LogP contribution in [0.2, 0.25) is 0 Å². The highest BCUT2D eigenvalue weighted by molar-refractivity contribution is 4.99. The van der Waals surface area contributed by atoms with E-state index in [0.29, 0.717) is 12.1 Å². The molecule has 1 N–H and O–H groups in total. The molecule has 0 spiro atoms. The first kappa shape index (κ1) is 12.9. The van der Waals surface area contributed by atoms with Crippen molar-refractivity contribution in [2.45, 2.75) is 64.3 Å². The summed E-state index contributed by atoms with van der Waals surface area (Å²) in [5.41, 5.74) is -0.112. The maximum absolute atomic E-state index is 6.02. The third-order valence-electron chi connectivity index (χ3n) is 2.98. The summed E-state index contributed by atoms with van der Waals surface area (Å²) in [5.74, 6) is 0. The van der Waals surface area contributed by atoms with Gasteiger partial charge < -0.3 is 14.8 Å². The van der Waals surface area contributed by atoms with Crippen molar-refractivity contribution < 1.29 is 9.47 Å². The average molecular weight is 215 g/mol. The molecule has 90 valence electrons. The molecule has 1 saturated heterocycles. The number of nitrogens with one attached hydrogen (secondary N) is 1. The SMILES string of the molecule is COCC(C)NC1CC(C)(C)OC1(C)C. The Morgan fingerprint density at radius 3 is 2.40 bits per heavy atom. The highest BCUT2D eigenvalue weighted by atomic mass is 16.5. The Hall–Kier alpha value is -0.120. The molecule has 2 atom stereocenters. The van der Waals surface area contributed by atoms with Gasteiger partial charge in [-0.1, -0.05) is 0 Å². The molecule has 0 saturated carbocycles. The Labute approximate surface area is 93.5 Å². The van der Waals surface area contributed by atoms with E-state index in [1.54, 1.807) is 7.11 Å². The quantitative estimate of drug-likeness (QED) is 0.777. The van der Waals surface area contributed by atoms with Crippen molar-refractivity contribution in [3.8, 4) is 0 Å². The van der Waals surface area contributed by atoms with Gasteiger partial charge in [0.25, 0.3) is 0 Å². The summed E-state index contributed by atoms with van der Waals surface area (Å²) in [6.45, 7) is 11.5. The van der Waals surface area contributed by atoms with Crippen LogP contribution in [-0.2, 0) is 9.47 Å². The predicted molar refractivity (Wildman–Crippen MR) is 62.1 cm³/mol. The van der Waals surface area contributed by atoms with Crippen LogP contribution in [0.4, 0.5) is 0 Å². The molecule has 1 aliphatic heterocycles. The average Bonchev–Trinajstić information content (AvgIpc) is 2.19. The van der Waals surface area contributed by atoms with Gasteiger partial charge in [-0.15, -0.1) is 0 Å². The molecule has 1 aliphatic rings. The molecule has 3 nitrogen and oxygen atoms in total. The minimum atomic E-state index is -0.0918. The number of ether oxygens (including phenoxy) is 2. The number of hydrogen-bond acceptors (Lipinski definition) is 3. The molecule has 15 heavy (non-hydrogen) atoms. The monoisotopic (exact) mass is 215 g/mol. The standard InChI is InChI=1S/C12H25NO2/c1-9(8-14-6)13-10-7-11(2,3)15-12(10,4)5/h9-10,13H,7-8H2,1-6H3. The van der Waals surface area contributed by atoms with Gasteiger partial charge in [-0.25, -0.2) is 0 Å². The van der Waals surface area contributed by atoms with Crippen LogP contribution in [-0.4, -0.2) is 37.0 Å². The third kappa shape index (κ3) is 3.44. The Kier molecular flexibility index (Phi) is 3.80. The summed E-state index contributed by atoms with van der Waals surface area (Å²) in [4.78, 5) is 0. The molecule has 2 unspecified atom stereocenters. The topological polar surface area (TPSA) is 30.5 Å². The Morgan fingerprint density at radius 2 is 2.00 bits per heavy atom. The molecule has 0 bridgehead atoms. The maximum atomic E-state index is 6.02. The smallest absolute Gasteiger partial charge is 0.0787 e. The molecule has 0 radical (unpaired) electrons. The normalized spacial score (nSPS) is 30.4. The van der Waals surface area contributed by atoms with E-state index < -0.39 is 0 Å². The van der Waals surface area contributed by atoms with Crippen molar-refractivity contribution in [2.75, 3.05) is 13.7 Å². The second-order valence-electron chi connectivity index (χ2n) is 5.74. The van der Waals surface area contributed by atoms with Gasteiger partial charge >= 0.3 is 0 Å². The molecule has 0 aromatic rings. The Balaban J connectivity index is 2.55. The zero-order chi connectivity index (χ0) is 11.7. The molecular weight excluding hydrogens is 190 g/mol. The predicted octanol–water partition coefficient (Wildman–Crippen LogP) is 1.96. The Morgan fingerprint density at radius 1 is 1.40 bits per heavy atom. The third-order valence-corrected chi connectivity index (χ3v) is 2.98. The van der Waals surface area contributed by atoms with Crippen molar-refractivity contribution >= 4 is 0 Å². The van der Waals surface area contributed by atoms with E-state index in [4.69, 9.17) is 9.47 Å². The van der Waals surface area contributed by atoms with E-state index in [1.807, 2.05) is 0 Å². The molecule has 0 amide bonds. The fourth-order valence-electron chi connectivity index (χ4n) is 2.46. The van der Waals surface area contributed by atoms with E-state index in [9.17, 15) is 0 Å². The lowest BCUT2D eigenvalue weighted by molar-refractivity contribution is -0.0707. The highest BCUT2D eigenvalue weighted by Gasteiger charge is 2.45. The number of rotatable bonds is 4. The van der Waals surface area contributed by atoms with Crippen LogP contribution in [0.5, 0.6) is 0 Å². The molecule has 0 aromatic carbocycles. The zero-order valence-corrected chi connectivity index (χ0v) is 10.9. The summed E-state index contributed by atoms with van der Waals surface area (Å²) in [6.07, 6.45) is 1.05. The summed E-state index contributed by atoms with van der Waals surface area (Å²) in [7, 11) is 1.73. The first-order valence-electron chi connectivity index (χ1n) is 5.72. The fourth-order valence-corrected chi connectivity index (χ4v) is 2.46. The second kappa shape index (κ2) is 4.40. The summed E-state index contributed by atoms with van der Waals surface area (Å²) in [6, 6.07) is 0.773. The van der Waals surface area contributed by atoms with Gasteiger partial charge in [0.15, 0.2) is 0 Å². The first-order chi connectivity index (χ1) is 6.77. The van der Waals surface area contributed by atoms with E-state index in [2.05, 4.69) is 39.9 Å². The van der Waals surface area contributed by atoms with Gasteiger partial charge in [-0.2, -0.15) is 0 Å². The number of methoxy groups -OCH3 is 1. The lowest BCUT2D eigenvalue weighted by Crippen LogP contribution is -2.48. The van der Waals surface area contributed by atoms with E-state index in [1.165, 1.54) is 0 Å². The highest BCUT2D eigenvalue weighted by Crippen LogP contribution is 2.37. The lowest BCUT2D eigenvalue weighted by Gasteiger charge is -2.29. The van der Waals surface area contributed by atoms with Gasteiger partial charge in [-0.05, 0) is 41.0 Å². The van der Waals surface area contributed by atoms with Gasteiger partial charge in [0, 0.05) is 19.2 Å². The van der Waals surface area contributed by atoms with Crippen LogP contribution >= 0.6 is 0 Å². The van der Waals surface area contributed by atoms with Crippen molar-refractivity contribution in [1.29, 1.82) is 0 Å².